The summed E-state index contributed by atoms with van der Waals surface area (Å²) in [5.74, 6) is 0.424. The Morgan fingerprint density at radius 3 is 2.10 bits per heavy atom. The molecule has 0 aromatic carbocycles. The zero-order chi connectivity index (χ0) is 31.3. The van der Waals surface area contributed by atoms with E-state index in [-0.39, 0.29) is 35.9 Å². The molecule has 0 aliphatic heterocycles. The van der Waals surface area contributed by atoms with E-state index in [4.69, 9.17) is 0 Å². The number of rotatable bonds is 6. The number of hydrogen-bond donors (Lipinski definition) is 2. The number of aliphatic hydroxyl groups is 2. The molecule has 0 aromatic rings. The molecule has 3 rings (SSSR count). The van der Waals surface area contributed by atoms with Crippen molar-refractivity contribution in [1.82, 2.24) is 0 Å². The lowest BCUT2D eigenvalue weighted by atomic mass is 9.61. The summed E-state index contributed by atoms with van der Waals surface area (Å²) in [5.41, 5.74) is -1.70. The van der Waals surface area contributed by atoms with E-state index in [2.05, 4.69) is 46.8 Å². The fourth-order valence-corrected chi connectivity index (χ4v) is 7.38. The maximum absolute atomic E-state index is 12.9. The van der Waals surface area contributed by atoms with Gasteiger partial charge >= 0.3 is 12.4 Å². The SMILES string of the molecule is CCCC(C)(C)C.C[C@@H](C/C=C\C(O)(C(F)(F)F)C(F)(F)F)C1CCC2/C(=C/C=C3/CCC[C@H](O)C3)CCC[C@@]21C. The van der Waals surface area contributed by atoms with Gasteiger partial charge in [0.1, 0.15) is 0 Å². The Balaban J connectivity index is 0.000000745. The quantitative estimate of drug-likeness (QED) is 0.237. The molecule has 0 heterocycles. The minimum absolute atomic E-state index is 0.0441. The largest absolute Gasteiger partial charge is 0.429 e. The zero-order valence-electron chi connectivity index (χ0n) is 25.8. The van der Waals surface area contributed by atoms with E-state index >= 15 is 0 Å². The maximum atomic E-state index is 12.9. The summed E-state index contributed by atoms with van der Waals surface area (Å²) in [7, 11) is 0. The van der Waals surface area contributed by atoms with Gasteiger partial charge in [-0.05, 0) is 105 Å². The summed E-state index contributed by atoms with van der Waals surface area (Å²) >= 11 is 0. The van der Waals surface area contributed by atoms with Crippen molar-refractivity contribution in [3.05, 3.63) is 35.5 Å². The van der Waals surface area contributed by atoms with Gasteiger partial charge in [0.05, 0.1) is 6.10 Å². The predicted octanol–water partition coefficient (Wildman–Crippen LogP) is 10.3. The van der Waals surface area contributed by atoms with Crippen LogP contribution in [0.1, 0.15) is 119 Å². The van der Waals surface area contributed by atoms with Gasteiger partial charge in [0.2, 0.25) is 0 Å². The Hall–Kier alpha value is -1.28. The Labute approximate surface area is 243 Å². The predicted molar refractivity (Wildman–Crippen MR) is 153 cm³/mol. The molecule has 0 aromatic heterocycles. The Morgan fingerprint density at radius 1 is 0.951 bits per heavy atom. The minimum atomic E-state index is -5.83. The van der Waals surface area contributed by atoms with Crippen LogP contribution in [-0.4, -0.2) is 34.3 Å². The van der Waals surface area contributed by atoms with E-state index in [1.54, 1.807) is 0 Å². The molecule has 2 unspecified atom stereocenters. The number of fused-ring (bicyclic) bond motifs is 1. The monoisotopic (exact) mass is 594 g/mol. The van der Waals surface area contributed by atoms with Crippen molar-refractivity contribution >= 4 is 0 Å². The first kappa shape index (κ1) is 35.9. The van der Waals surface area contributed by atoms with Gasteiger partial charge in [-0.2, -0.15) is 26.3 Å². The fourth-order valence-electron chi connectivity index (χ4n) is 7.38. The molecule has 0 radical (unpaired) electrons. The van der Waals surface area contributed by atoms with Crippen LogP contribution in [0, 0.1) is 28.6 Å². The van der Waals surface area contributed by atoms with E-state index in [9.17, 15) is 36.6 Å². The highest BCUT2D eigenvalue weighted by molar-refractivity contribution is 5.26. The number of alkyl halides is 6. The molecule has 8 heteroatoms. The molecule has 5 atom stereocenters. The van der Waals surface area contributed by atoms with E-state index < -0.39 is 18.0 Å². The summed E-state index contributed by atoms with van der Waals surface area (Å²) in [6, 6.07) is 0. The lowest BCUT2D eigenvalue weighted by molar-refractivity contribution is -0.347. The summed E-state index contributed by atoms with van der Waals surface area (Å²) in [5, 5.41) is 19.3. The van der Waals surface area contributed by atoms with Gasteiger partial charge in [-0.3, -0.25) is 0 Å². The van der Waals surface area contributed by atoms with Crippen LogP contribution in [0.4, 0.5) is 26.3 Å². The number of allylic oxidation sites excluding steroid dienone is 4. The zero-order valence-corrected chi connectivity index (χ0v) is 25.8. The normalized spacial score (nSPS) is 30.8. The first-order chi connectivity index (χ1) is 18.7. The van der Waals surface area contributed by atoms with Crippen molar-refractivity contribution in [3.63, 3.8) is 0 Å². The second-order valence-corrected chi connectivity index (χ2v) is 14.1. The molecule has 0 amide bonds. The van der Waals surface area contributed by atoms with Gasteiger partial charge in [0.25, 0.3) is 5.60 Å². The number of halogens is 6. The van der Waals surface area contributed by atoms with E-state index in [0.717, 1.165) is 57.4 Å². The molecule has 3 aliphatic carbocycles. The van der Waals surface area contributed by atoms with Crippen molar-refractivity contribution in [3.8, 4) is 0 Å². The van der Waals surface area contributed by atoms with Crippen molar-refractivity contribution in [1.29, 1.82) is 0 Å². The van der Waals surface area contributed by atoms with Crippen LogP contribution in [0.5, 0.6) is 0 Å². The minimum Gasteiger partial charge on any atom is -0.393 e. The van der Waals surface area contributed by atoms with Gasteiger partial charge in [-0.25, -0.2) is 0 Å². The Kier molecular flexibility index (Phi) is 12.3. The standard InChI is InChI=1S/C26H36F6O2.C7H16/c1-17(6-4-15-24(34,25(27,28)29)26(30,31)32)21-12-13-22-19(8-5-14-23(21,22)2)11-10-18-7-3-9-20(33)16-18;1-5-6-7(2,3)4/h4,10-11,15,17,20-22,33-34H,3,5-9,12-14,16H2,1-2H3;5-6H2,1-4H3/b15-4-,18-10-,19-11+;/t17-,20-,21?,22?,23+;/m0./s1. The molecular weight excluding hydrogens is 542 g/mol. The average Bonchev–Trinajstić information content (AvgIpc) is 3.18. The van der Waals surface area contributed by atoms with Crippen LogP contribution in [0.3, 0.4) is 0 Å². The lowest BCUT2D eigenvalue weighted by Crippen LogP contribution is -2.55. The van der Waals surface area contributed by atoms with Crippen molar-refractivity contribution in [2.24, 2.45) is 28.6 Å². The average molecular weight is 595 g/mol. The van der Waals surface area contributed by atoms with Crippen LogP contribution in [0.15, 0.2) is 35.5 Å². The summed E-state index contributed by atoms with van der Waals surface area (Å²) in [6.45, 7) is 13.1. The second-order valence-electron chi connectivity index (χ2n) is 14.1. The second kappa shape index (κ2) is 14.0. The Morgan fingerprint density at radius 2 is 1.59 bits per heavy atom. The molecule has 3 aliphatic rings. The molecule has 2 N–H and O–H groups in total. The number of aliphatic hydroxyl groups excluding tert-OH is 1. The highest BCUT2D eigenvalue weighted by atomic mass is 19.4. The first-order valence-electron chi connectivity index (χ1n) is 15.3. The Bertz CT molecular complexity index is 909. The maximum Gasteiger partial charge on any atom is 0.429 e. The van der Waals surface area contributed by atoms with Crippen molar-refractivity contribution < 1.29 is 36.6 Å². The molecule has 0 bridgehead atoms. The fraction of sp³-hybridized carbons (Fsp3) is 0.818. The van der Waals surface area contributed by atoms with Gasteiger partial charge in [-0.1, -0.05) is 77.3 Å². The van der Waals surface area contributed by atoms with E-state index in [1.807, 2.05) is 6.92 Å². The highest BCUT2D eigenvalue weighted by Gasteiger charge is 2.69. The van der Waals surface area contributed by atoms with E-state index in [1.165, 1.54) is 24.0 Å². The van der Waals surface area contributed by atoms with Crippen LogP contribution >= 0.6 is 0 Å². The van der Waals surface area contributed by atoms with Gasteiger partial charge in [0.15, 0.2) is 0 Å². The molecular formula is C33H52F6O2. The number of hydrogen-bond acceptors (Lipinski definition) is 2. The van der Waals surface area contributed by atoms with Crippen molar-refractivity contribution in [2.45, 2.75) is 143 Å². The molecule has 2 nitrogen and oxygen atoms in total. The highest BCUT2D eigenvalue weighted by Crippen LogP contribution is 2.60. The molecule has 238 valence electrons. The third-order valence-corrected chi connectivity index (χ3v) is 9.52. The molecule has 0 spiro atoms. The molecule has 3 saturated carbocycles. The third-order valence-electron chi connectivity index (χ3n) is 9.52. The van der Waals surface area contributed by atoms with Crippen LogP contribution in [0.25, 0.3) is 0 Å². The molecule has 41 heavy (non-hydrogen) atoms. The summed E-state index contributed by atoms with van der Waals surface area (Å²) < 4.78 is 77.6. The van der Waals surface area contributed by atoms with Crippen molar-refractivity contribution in [2.75, 3.05) is 0 Å². The van der Waals surface area contributed by atoms with Gasteiger partial charge in [-0.15, -0.1) is 0 Å². The smallest absolute Gasteiger partial charge is 0.393 e. The summed E-state index contributed by atoms with van der Waals surface area (Å²) in [6.07, 6.45) is 4.19. The van der Waals surface area contributed by atoms with Crippen LogP contribution in [0.2, 0.25) is 0 Å². The van der Waals surface area contributed by atoms with E-state index in [0.29, 0.717) is 17.8 Å². The summed E-state index contributed by atoms with van der Waals surface area (Å²) in [4.78, 5) is 0. The first-order valence-corrected chi connectivity index (χ1v) is 15.3. The lowest BCUT2D eigenvalue weighted by Gasteiger charge is -2.44. The van der Waals surface area contributed by atoms with Gasteiger partial charge < -0.3 is 10.2 Å². The van der Waals surface area contributed by atoms with Crippen LogP contribution in [-0.2, 0) is 0 Å². The molecule has 0 saturated heterocycles. The van der Waals surface area contributed by atoms with Gasteiger partial charge in [0, 0.05) is 0 Å². The van der Waals surface area contributed by atoms with Crippen LogP contribution < -0.4 is 0 Å². The molecule has 3 fully saturated rings. The topological polar surface area (TPSA) is 40.5 Å². The third kappa shape index (κ3) is 9.35.